The van der Waals surface area contributed by atoms with E-state index in [0.717, 1.165) is 6.42 Å². The Hall–Kier alpha value is -0.530. The molecule has 0 aromatic rings. The van der Waals surface area contributed by atoms with Crippen molar-refractivity contribution in [3.63, 3.8) is 0 Å². The Labute approximate surface area is 48.5 Å². The van der Waals surface area contributed by atoms with Crippen molar-refractivity contribution < 1.29 is 9.90 Å². The highest BCUT2D eigenvalue weighted by atomic mass is 16.4. The van der Waals surface area contributed by atoms with E-state index in [-0.39, 0.29) is 11.3 Å². The van der Waals surface area contributed by atoms with Gasteiger partial charge >= 0.3 is 5.97 Å². The van der Waals surface area contributed by atoms with E-state index in [2.05, 4.69) is 0 Å². The molecule has 2 nitrogen and oxygen atoms in total. The van der Waals surface area contributed by atoms with Gasteiger partial charge in [0.1, 0.15) is 0 Å². The largest absolute Gasteiger partial charge is 0.481 e. The highest BCUT2D eigenvalue weighted by Crippen LogP contribution is 2.51. The summed E-state index contributed by atoms with van der Waals surface area (Å²) in [7, 11) is 0. The monoisotopic (exact) mass is 114 g/mol. The summed E-state index contributed by atoms with van der Waals surface area (Å²) in [5, 5.41) is 8.39. The van der Waals surface area contributed by atoms with Gasteiger partial charge in [-0.3, -0.25) is 4.79 Å². The zero-order valence-corrected chi connectivity index (χ0v) is 5.14. The van der Waals surface area contributed by atoms with E-state index >= 15 is 0 Å². The Bertz CT molecular complexity index is 126. The molecule has 1 saturated carbocycles. The molecule has 0 saturated heterocycles. The van der Waals surface area contributed by atoms with Crippen LogP contribution >= 0.6 is 0 Å². The second-order valence-corrected chi connectivity index (χ2v) is 3.08. The van der Waals surface area contributed by atoms with Crippen molar-refractivity contribution in [3.05, 3.63) is 0 Å². The standard InChI is InChI=1S/C6H10O2/c1-6(2)3-4(6)5(7)8/h4H,3H2,1-2H3,(H,7,8)/t4-/m0/s1. The van der Waals surface area contributed by atoms with Crippen molar-refractivity contribution in [2.45, 2.75) is 20.3 Å². The SMILES string of the molecule is CC1(C)C[C@H]1C(=O)O. The Balaban J connectivity index is 2.48. The fraction of sp³-hybridized carbons (Fsp3) is 0.833. The van der Waals surface area contributed by atoms with Crippen LogP contribution < -0.4 is 0 Å². The van der Waals surface area contributed by atoms with Gasteiger partial charge in [0, 0.05) is 0 Å². The van der Waals surface area contributed by atoms with Gasteiger partial charge in [0.15, 0.2) is 0 Å². The second kappa shape index (κ2) is 1.24. The van der Waals surface area contributed by atoms with Gasteiger partial charge in [0.2, 0.25) is 0 Å². The minimum absolute atomic E-state index is 0.0671. The van der Waals surface area contributed by atoms with Gasteiger partial charge < -0.3 is 5.11 Å². The summed E-state index contributed by atoms with van der Waals surface area (Å²) in [5.74, 6) is -0.711. The first-order valence-electron chi connectivity index (χ1n) is 2.77. The van der Waals surface area contributed by atoms with Gasteiger partial charge in [-0.25, -0.2) is 0 Å². The van der Waals surface area contributed by atoms with E-state index in [1.807, 2.05) is 13.8 Å². The number of hydrogen-bond acceptors (Lipinski definition) is 1. The smallest absolute Gasteiger partial charge is 0.307 e. The normalized spacial score (nSPS) is 32.0. The maximum atomic E-state index is 10.2. The van der Waals surface area contributed by atoms with E-state index in [4.69, 9.17) is 5.11 Å². The van der Waals surface area contributed by atoms with Crippen molar-refractivity contribution in [1.82, 2.24) is 0 Å². The van der Waals surface area contributed by atoms with Gasteiger partial charge in [0.25, 0.3) is 0 Å². The Morgan fingerprint density at radius 1 is 1.75 bits per heavy atom. The third-order valence-corrected chi connectivity index (χ3v) is 1.81. The second-order valence-electron chi connectivity index (χ2n) is 3.08. The predicted molar refractivity (Wildman–Crippen MR) is 29.5 cm³/mol. The van der Waals surface area contributed by atoms with Crippen LogP contribution in [0.25, 0.3) is 0 Å². The zero-order valence-electron chi connectivity index (χ0n) is 5.14. The van der Waals surface area contributed by atoms with Crippen LogP contribution in [-0.4, -0.2) is 11.1 Å². The average molecular weight is 114 g/mol. The maximum absolute atomic E-state index is 10.2. The summed E-state index contributed by atoms with van der Waals surface area (Å²) in [6, 6.07) is 0. The van der Waals surface area contributed by atoms with Crippen molar-refractivity contribution in [2.24, 2.45) is 11.3 Å². The third kappa shape index (κ3) is 0.703. The number of hydrogen-bond donors (Lipinski definition) is 1. The molecule has 0 unspecified atom stereocenters. The molecular formula is C6H10O2. The van der Waals surface area contributed by atoms with Gasteiger partial charge in [-0.05, 0) is 11.8 Å². The quantitative estimate of drug-likeness (QED) is 0.554. The fourth-order valence-electron chi connectivity index (χ4n) is 0.889. The van der Waals surface area contributed by atoms with Gasteiger partial charge in [-0.1, -0.05) is 13.8 Å². The van der Waals surface area contributed by atoms with E-state index in [1.165, 1.54) is 0 Å². The minimum atomic E-state index is -0.644. The number of rotatable bonds is 1. The van der Waals surface area contributed by atoms with Crippen LogP contribution in [0.2, 0.25) is 0 Å². The summed E-state index contributed by atoms with van der Waals surface area (Å²) < 4.78 is 0. The fourth-order valence-corrected chi connectivity index (χ4v) is 0.889. The van der Waals surface area contributed by atoms with Crippen LogP contribution in [0.4, 0.5) is 0 Å². The number of carbonyl (C=O) groups is 1. The minimum Gasteiger partial charge on any atom is -0.481 e. The van der Waals surface area contributed by atoms with Crippen molar-refractivity contribution >= 4 is 5.97 Å². The van der Waals surface area contributed by atoms with E-state index < -0.39 is 5.97 Å². The Kier molecular flexibility index (Phi) is 0.872. The molecule has 1 atom stereocenters. The summed E-state index contributed by atoms with van der Waals surface area (Å²) in [6.07, 6.45) is 0.850. The lowest BCUT2D eigenvalue weighted by molar-refractivity contribution is -0.139. The molecule has 0 aromatic carbocycles. The first-order valence-corrected chi connectivity index (χ1v) is 2.77. The van der Waals surface area contributed by atoms with Crippen molar-refractivity contribution in [1.29, 1.82) is 0 Å². The average Bonchev–Trinajstić information content (AvgIpc) is 2.13. The van der Waals surface area contributed by atoms with Crippen LogP contribution in [0.1, 0.15) is 20.3 Å². The summed E-state index contributed by atoms with van der Waals surface area (Å²) >= 11 is 0. The molecule has 0 aromatic heterocycles. The van der Waals surface area contributed by atoms with Crippen LogP contribution in [0.15, 0.2) is 0 Å². The summed E-state index contributed by atoms with van der Waals surface area (Å²) in [5.41, 5.74) is 0.0891. The highest BCUT2D eigenvalue weighted by molar-refractivity contribution is 5.74. The molecule has 0 amide bonds. The molecule has 46 valence electrons. The van der Waals surface area contributed by atoms with E-state index in [0.29, 0.717) is 0 Å². The Morgan fingerprint density at radius 2 is 2.12 bits per heavy atom. The van der Waals surface area contributed by atoms with Gasteiger partial charge in [-0.2, -0.15) is 0 Å². The zero-order chi connectivity index (χ0) is 6.36. The van der Waals surface area contributed by atoms with E-state index in [1.54, 1.807) is 0 Å². The van der Waals surface area contributed by atoms with Crippen LogP contribution in [0, 0.1) is 11.3 Å². The first-order chi connectivity index (χ1) is 3.54. The molecule has 1 aliphatic rings. The third-order valence-electron chi connectivity index (χ3n) is 1.81. The molecule has 0 bridgehead atoms. The lowest BCUT2D eigenvalue weighted by Gasteiger charge is -1.94. The molecule has 8 heavy (non-hydrogen) atoms. The van der Waals surface area contributed by atoms with Crippen LogP contribution in [0.3, 0.4) is 0 Å². The molecule has 2 heteroatoms. The highest BCUT2D eigenvalue weighted by Gasteiger charge is 2.50. The van der Waals surface area contributed by atoms with Gasteiger partial charge in [-0.15, -0.1) is 0 Å². The number of aliphatic carboxylic acids is 1. The first kappa shape index (κ1) is 5.60. The molecular weight excluding hydrogens is 104 g/mol. The van der Waals surface area contributed by atoms with Crippen molar-refractivity contribution in [3.8, 4) is 0 Å². The number of carboxylic acids is 1. The van der Waals surface area contributed by atoms with Crippen molar-refractivity contribution in [2.75, 3.05) is 0 Å². The van der Waals surface area contributed by atoms with Gasteiger partial charge in [0.05, 0.1) is 5.92 Å². The van der Waals surface area contributed by atoms with E-state index in [9.17, 15) is 4.79 Å². The lowest BCUT2D eigenvalue weighted by Crippen LogP contribution is -2.02. The molecule has 1 rings (SSSR count). The molecule has 0 heterocycles. The summed E-state index contributed by atoms with van der Waals surface area (Å²) in [4.78, 5) is 10.2. The van der Waals surface area contributed by atoms with Crippen LogP contribution in [0.5, 0.6) is 0 Å². The predicted octanol–water partition coefficient (Wildman–Crippen LogP) is 1.12. The lowest BCUT2D eigenvalue weighted by atomic mass is 10.1. The molecule has 0 aliphatic heterocycles. The molecule has 1 fully saturated rings. The maximum Gasteiger partial charge on any atom is 0.307 e. The topological polar surface area (TPSA) is 37.3 Å². The molecule has 1 aliphatic carbocycles. The Morgan fingerprint density at radius 3 is 2.12 bits per heavy atom. The summed E-state index contributed by atoms with van der Waals surface area (Å²) in [6.45, 7) is 3.96. The molecule has 0 spiro atoms. The van der Waals surface area contributed by atoms with Crippen LogP contribution in [-0.2, 0) is 4.79 Å². The molecule has 1 N–H and O–H groups in total. The molecule has 0 radical (unpaired) electrons. The number of carboxylic acid groups (broad SMARTS) is 1.